The molecule has 0 aliphatic carbocycles. The quantitative estimate of drug-likeness (QED) is 0.873. The molecule has 1 amide bonds. The smallest absolute Gasteiger partial charge is 0.350 e. The molecule has 0 spiro atoms. The zero-order valence-corrected chi connectivity index (χ0v) is 11.7. The second kappa shape index (κ2) is 5.05. The summed E-state index contributed by atoms with van der Waals surface area (Å²) >= 11 is 0. The van der Waals surface area contributed by atoms with Crippen molar-refractivity contribution >= 4 is 11.6 Å². The summed E-state index contributed by atoms with van der Waals surface area (Å²) < 4.78 is 38.5. The fourth-order valence-corrected chi connectivity index (χ4v) is 2.60. The number of fused-ring (bicyclic) bond motifs is 1. The van der Waals surface area contributed by atoms with Gasteiger partial charge in [0.05, 0.1) is 16.8 Å². The van der Waals surface area contributed by atoms with Crippen LogP contribution >= 0.6 is 0 Å². The number of alkyl halides is 3. The molecular formula is C16H13F3N2O. The van der Waals surface area contributed by atoms with E-state index in [1.165, 1.54) is 6.07 Å². The molecule has 0 bridgehead atoms. The number of carbonyl (C=O) groups is 1. The molecule has 6 heteroatoms. The molecule has 0 radical (unpaired) electrons. The summed E-state index contributed by atoms with van der Waals surface area (Å²) in [4.78, 5) is 13.9. The van der Waals surface area contributed by atoms with E-state index in [9.17, 15) is 18.0 Å². The van der Waals surface area contributed by atoms with Gasteiger partial charge in [0.1, 0.15) is 6.17 Å². The first-order valence-electron chi connectivity index (χ1n) is 6.68. The van der Waals surface area contributed by atoms with E-state index in [0.29, 0.717) is 16.8 Å². The van der Waals surface area contributed by atoms with Gasteiger partial charge in [-0.05, 0) is 29.8 Å². The van der Waals surface area contributed by atoms with Crippen LogP contribution in [0.3, 0.4) is 0 Å². The number of nitrogens with zero attached hydrogens (tertiary/aromatic N) is 1. The van der Waals surface area contributed by atoms with E-state index in [2.05, 4.69) is 5.32 Å². The molecule has 1 aliphatic heterocycles. The SMILES string of the molecule is CN1c2ccccc2C(=O)N[C@H]1c1cccc(C(F)(F)F)c1. The highest BCUT2D eigenvalue weighted by atomic mass is 19.4. The number of nitrogens with one attached hydrogen (secondary N) is 1. The van der Waals surface area contributed by atoms with Crippen LogP contribution in [0.4, 0.5) is 18.9 Å². The largest absolute Gasteiger partial charge is 0.416 e. The van der Waals surface area contributed by atoms with Gasteiger partial charge < -0.3 is 10.2 Å². The predicted octanol–water partition coefficient (Wildman–Crippen LogP) is 3.58. The van der Waals surface area contributed by atoms with E-state index in [0.717, 1.165) is 12.1 Å². The summed E-state index contributed by atoms with van der Waals surface area (Å²) in [5, 5.41) is 2.74. The Hall–Kier alpha value is -2.50. The third-order valence-corrected chi connectivity index (χ3v) is 3.71. The number of para-hydroxylation sites is 1. The summed E-state index contributed by atoms with van der Waals surface area (Å²) in [5.41, 5.74) is 0.855. The van der Waals surface area contributed by atoms with Crippen LogP contribution in [0.5, 0.6) is 0 Å². The third kappa shape index (κ3) is 2.41. The molecule has 1 heterocycles. The molecule has 0 unspecified atom stereocenters. The molecule has 22 heavy (non-hydrogen) atoms. The van der Waals surface area contributed by atoms with Crippen molar-refractivity contribution in [1.82, 2.24) is 5.32 Å². The highest BCUT2D eigenvalue weighted by Crippen LogP contribution is 2.34. The molecule has 1 atom stereocenters. The standard InChI is InChI=1S/C16H13F3N2O/c1-21-13-8-3-2-7-12(13)15(22)20-14(21)10-5-4-6-11(9-10)16(17,18)19/h2-9,14H,1H3,(H,20,22)/t14-/m1/s1. The maximum Gasteiger partial charge on any atom is 0.416 e. The lowest BCUT2D eigenvalue weighted by atomic mass is 10.0. The molecule has 3 nitrogen and oxygen atoms in total. The van der Waals surface area contributed by atoms with Crippen LogP contribution in [0, 0.1) is 0 Å². The van der Waals surface area contributed by atoms with Gasteiger partial charge in [-0.3, -0.25) is 4.79 Å². The number of benzene rings is 2. The van der Waals surface area contributed by atoms with E-state index in [4.69, 9.17) is 0 Å². The molecule has 0 saturated heterocycles. The molecular weight excluding hydrogens is 293 g/mol. The van der Waals surface area contributed by atoms with Gasteiger partial charge in [0.25, 0.3) is 5.91 Å². The Kier molecular flexibility index (Phi) is 3.31. The minimum Gasteiger partial charge on any atom is -0.350 e. The maximum absolute atomic E-state index is 12.8. The molecule has 3 rings (SSSR count). The molecule has 1 N–H and O–H groups in total. The van der Waals surface area contributed by atoms with Gasteiger partial charge in [0, 0.05) is 7.05 Å². The van der Waals surface area contributed by atoms with E-state index in [1.807, 2.05) is 0 Å². The molecule has 1 aliphatic rings. The maximum atomic E-state index is 12.8. The normalized spacial score (nSPS) is 17.9. The topological polar surface area (TPSA) is 32.3 Å². The molecule has 0 aromatic heterocycles. The average molecular weight is 306 g/mol. The van der Waals surface area contributed by atoms with Crippen LogP contribution in [-0.4, -0.2) is 13.0 Å². The Morgan fingerprint density at radius 2 is 1.82 bits per heavy atom. The number of hydrogen-bond acceptors (Lipinski definition) is 2. The molecule has 0 saturated carbocycles. The molecule has 2 aromatic rings. The van der Waals surface area contributed by atoms with E-state index >= 15 is 0 Å². The Bertz CT molecular complexity index is 727. The first-order valence-corrected chi connectivity index (χ1v) is 6.68. The van der Waals surface area contributed by atoms with Gasteiger partial charge in [0.2, 0.25) is 0 Å². The number of hydrogen-bond donors (Lipinski definition) is 1. The fraction of sp³-hybridized carbons (Fsp3) is 0.188. The van der Waals surface area contributed by atoms with Crippen molar-refractivity contribution in [3.63, 3.8) is 0 Å². The summed E-state index contributed by atoms with van der Waals surface area (Å²) in [6.45, 7) is 0. The van der Waals surface area contributed by atoms with Gasteiger partial charge in [-0.25, -0.2) is 0 Å². The van der Waals surface area contributed by atoms with Gasteiger partial charge >= 0.3 is 6.18 Å². The number of carbonyl (C=O) groups excluding carboxylic acids is 1. The summed E-state index contributed by atoms with van der Waals surface area (Å²) in [5.74, 6) is -0.295. The zero-order valence-electron chi connectivity index (χ0n) is 11.7. The molecule has 0 fully saturated rings. The van der Waals surface area contributed by atoms with Gasteiger partial charge in [-0.1, -0.05) is 24.3 Å². The fourth-order valence-electron chi connectivity index (χ4n) is 2.60. The van der Waals surface area contributed by atoms with E-state index in [1.54, 1.807) is 42.3 Å². The summed E-state index contributed by atoms with van der Waals surface area (Å²) in [6.07, 6.45) is -5.05. The highest BCUT2D eigenvalue weighted by Gasteiger charge is 2.33. The minimum atomic E-state index is -4.41. The van der Waals surface area contributed by atoms with E-state index < -0.39 is 17.9 Å². The van der Waals surface area contributed by atoms with Crippen LogP contribution in [0.2, 0.25) is 0 Å². The number of anilines is 1. The van der Waals surface area contributed by atoms with Crippen molar-refractivity contribution < 1.29 is 18.0 Å². The third-order valence-electron chi connectivity index (χ3n) is 3.71. The number of rotatable bonds is 1. The van der Waals surface area contributed by atoms with Crippen molar-refractivity contribution in [1.29, 1.82) is 0 Å². The number of halogens is 3. The van der Waals surface area contributed by atoms with Gasteiger partial charge in [0.15, 0.2) is 0 Å². The Labute approximate surface area is 125 Å². The van der Waals surface area contributed by atoms with Crippen molar-refractivity contribution in [3.05, 3.63) is 65.2 Å². The molecule has 2 aromatic carbocycles. The van der Waals surface area contributed by atoms with Crippen molar-refractivity contribution in [2.45, 2.75) is 12.3 Å². The van der Waals surface area contributed by atoms with Crippen LogP contribution < -0.4 is 10.2 Å². The Balaban J connectivity index is 2.02. The predicted molar refractivity (Wildman–Crippen MR) is 76.5 cm³/mol. The zero-order chi connectivity index (χ0) is 15.9. The summed E-state index contributed by atoms with van der Waals surface area (Å²) in [7, 11) is 1.74. The highest BCUT2D eigenvalue weighted by molar-refractivity contribution is 6.01. The van der Waals surface area contributed by atoms with E-state index in [-0.39, 0.29) is 5.91 Å². The van der Waals surface area contributed by atoms with Crippen LogP contribution in [0.25, 0.3) is 0 Å². The summed E-state index contributed by atoms with van der Waals surface area (Å²) in [6, 6.07) is 12.0. The van der Waals surface area contributed by atoms with Gasteiger partial charge in [-0.2, -0.15) is 13.2 Å². The lowest BCUT2D eigenvalue weighted by Crippen LogP contribution is -2.44. The van der Waals surface area contributed by atoms with Crippen LogP contribution in [-0.2, 0) is 6.18 Å². The Morgan fingerprint density at radius 3 is 2.55 bits per heavy atom. The second-order valence-electron chi connectivity index (χ2n) is 5.13. The van der Waals surface area contributed by atoms with Crippen LogP contribution in [0.15, 0.2) is 48.5 Å². The van der Waals surface area contributed by atoms with Gasteiger partial charge in [-0.15, -0.1) is 0 Å². The molecule has 114 valence electrons. The lowest BCUT2D eigenvalue weighted by molar-refractivity contribution is -0.137. The van der Waals surface area contributed by atoms with Crippen molar-refractivity contribution in [3.8, 4) is 0 Å². The second-order valence-corrected chi connectivity index (χ2v) is 5.13. The first kappa shape index (κ1) is 14.4. The Morgan fingerprint density at radius 1 is 1.09 bits per heavy atom. The lowest BCUT2D eigenvalue weighted by Gasteiger charge is -2.36. The first-order chi connectivity index (χ1) is 10.4. The van der Waals surface area contributed by atoms with Crippen LogP contribution in [0.1, 0.15) is 27.7 Å². The van der Waals surface area contributed by atoms with Crippen molar-refractivity contribution in [2.24, 2.45) is 0 Å². The van der Waals surface area contributed by atoms with Crippen molar-refractivity contribution in [2.75, 3.05) is 11.9 Å². The monoisotopic (exact) mass is 306 g/mol. The number of amides is 1. The average Bonchev–Trinajstić information content (AvgIpc) is 2.50. The minimum absolute atomic E-state index is 0.295.